The molecule has 5 nitrogen and oxygen atoms in total. The van der Waals surface area contributed by atoms with Crippen LogP contribution in [0.15, 0.2) is 60.2 Å². The summed E-state index contributed by atoms with van der Waals surface area (Å²) in [7, 11) is 0. The van der Waals surface area contributed by atoms with Crippen molar-refractivity contribution < 1.29 is 31.5 Å². The highest BCUT2D eigenvalue weighted by atomic mass is 19.4. The van der Waals surface area contributed by atoms with E-state index in [9.17, 15) is 31.5 Å². The van der Waals surface area contributed by atoms with Gasteiger partial charge in [-0.2, -0.15) is 13.2 Å². The Hall–Kier alpha value is -3.17. The van der Waals surface area contributed by atoms with E-state index in [4.69, 9.17) is 0 Å². The molecule has 0 bridgehead atoms. The van der Waals surface area contributed by atoms with Crippen LogP contribution in [0.2, 0.25) is 0 Å². The van der Waals surface area contributed by atoms with Gasteiger partial charge in [0, 0.05) is 37.7 Å². The number of amides is 3. The van der Waals surface area contributed by atoms with Crippen molar-refractivity contribution in [3.63, 3.8) is 0 Å². The zero-order chi connectivity index (χ0) is 31.3. The van der Waals surface area contributed by atoms with Gasteiger partial charge in [0.1, 0.15) is 6.04 Å². The summed E-state index contributed by atoms with van der Waals surface area (Å²) < 4.78 is 69.2. The summed E-state index contributed by atoms with van der Waals surface area (Å²) in [6, 6.07) is 4.37. The zero-order valence-corrected chi connectivity index (χ0v) is 24.9. The first-order valence-corrected chi connectivity index (χ1v) is 14.5. The van der Waals surface area contributed by atoms with Crippen LogP contribution in [0.5, 0.6) is 0 Å². The van der Waals surface area contributed by atoms with Crippen molar-refractivity contribution in [2.24, 2.45) is 0 Å². The number of rotatable bonds is 7. The number of allylic oxidation sites excluding steroid dienone is 3. The van der Waals surface area contributed by atoms with Crippen LogP contribution in [0, 0.1) is 0 Å². The number of nitrogens with one attached hydrogen (secondary N) is 1. The number of nitrogens with zero attached hydrogens (tertiary/aromatic N) is 2. The van der Waals surface area contributed by atoms with Gasteiger partial charge in [0.15, 0.2) is 0 Å². The molecule has 2 fully saturated rings. The Balaban J connectivity index is 2.16. The van der Waals surface area contributed by atoms with E-state index < -0.39 is 54.5 Å². The molecule has 2 aliphatic rings. The normalized spacial score (nSPS) is 19.7. The van der Waals surface area contributed by atoms with Crippen LogP contribution in [0.3, 0.4) is 0 Å². The highest BCUT2D eigenvalue weighted by Gasteiger charge is 2.41. The summed E-state index contributed by atoms with van der Waals surface area (Å²) in [5, 5.41) is 2.77. The second kappa shape index (κ2) is 13.4. The van der Waals surface area contributed by atoms with Crippen molar-refractivity contribution in [1.82, 2.24) is 10.2 Å². The number of carbonyl (C=O) groups is 2. The van der Waals surface area contributed by atoms with E-state index in [1.807, 2.05) is 32.9 Å². The van der Waals surface area contributed by atoms with Crippen molar-refractivity contribution in [2.75, 3.05) is 18.0 Å². The van der Waals surface area contributed by atoms with Crippen molar-refractivity contribution in [3.8, 4) is 0 Å². The van der Waals surface area contributed by atoms with Gasteiger partial charge in [0.05, 0.1) is 5.57 Å². The van der Waals surface area contributed by atoms with Crippen molar-refractivity contribution in [1.29, 1.82) is 0 Å². The Morgan fingerprint density at radius 3 is 2.10 bits per heavy atom. The molecule has 1 saturated heterocycles. The minimum atomic E-state index is -4.71. The number of alkyl halides is 5. The molecule has 1 saturated carbocycles. The highest BCUT2D eigenvalue weighted by Crippen LogP contribution is 2.35. The van der Waals surface area contributed by atoms with Crippen LogP contribution in [-0.2, 0) is 10.2 Å². The Kier molecular flexibility index (Phi) is 10.7. The van der Waals surface area contributed by atoms with Crippen LogP contribution in [0.4, 0.5) is 32.4 Å². The summed E-state index contributed by atoms with van der Waals surface area (Å²) in [5.41, 5.74) is -0.0470. The van der Waals surface area contributed by atoms with Crippen LogP contribution in [-0.4, -0.2) is 54.1 Å². The molecule has 0 spiro atoms. The third kappa shape index (κ3) is 8.44. The monoisotopic (exact) mass is 595 g/mol. The molecule has 1 unspecified atom stereocenters. The average molecular weight is 596 g/mol. The first-order chi connectivity index (χ1) is 19.6. The third-order valence-corrected chi connectivity index (χ3v) is 7.93. The Morgan fingerprint density at radius 2 is 1.62 bits per heavy atom. The first-order valence-electron chi connectivity index (χ1n) is 14.5. The summed E-state index contributed by atoms with van der Waals surface area (Å²) in [5.74, 6) is -3.58. The molecule has 1 aliphatic heterocycles. The van der Waals surface area contributed by atoms with Crippen LogP contribution < -0.4 is 10.2 Å². The number of piperidine rings is 1. The predicted molar refractivity (Wildman–Crippen MR) is 156 cm³/mol. The predicted octanol–water partition coefficient (Wildman–Crippen LogP) is 8.08. The minimum absolute atomic E-state index is 0.0155. The van der Waals surface area contributed by atoms with E-state index in [0.717, 1.165) is 43.1 Å². The van der Waals surface area contributed by atoms with Crippen LogP contribution in [0.1, 0.15) is 78.2 Å². The van der Waals surface area contributed by atoms with Crippen molar-refractivity contribution in [3.05, 3.63) is 65.8 Å². The van der Waals surface area contributed by atoms with Crippen molar-refractivity contribution in [2.45, 2.75) is 102 Å². The molecule has 232 valence electrons. The smallest absolute Gasteiger partial charge is 0.351 e. The maximum Gasteiger partial charge on any atom is 0.416 e. The van der Waals surface area contributed by atoms with E-state index in [0.29, 0.717) is 18.8 Å². The molecule has 3 rings (SSSR count). The van der Waals surface area contributed by atoms with Gasteiger partial charge in [-0.1, -0.05) is 51.6 Å². The molecule has 10 heteroatoms. The summed E-state index contributed by atoms with van der Waals surface area (Å²) in [4.78, 5) is 31.0. The van der Waals surface area contributed by atoms with E-state index in [2.05, 4.69) is 11.9 Å². The fourth-order valence-corrected chi connectivity index (χ4v) is 5.37. The molecule has 1 aromatic carbocycles. The minimum Gasteiger partial charge on any atom is -0.351 e. The second-order valence-corrected chi connectivity index (χ2v) is 12.1. The van der Waals surface area contributed by atoms with Gasteiger partial charge in [-0.05, 0) is 73.8 Å². The fourth-order valence-electron chi connectivity index (χ4n) is 5.37. The number of benzene rings is 1. The standard InChI is InChI=1S/C32H42F5N3O2/c1-6-22(21-23(7-2)32(35,36)37)27(28(41)38-25-15-17-31(33,34)18-16-25)40(29(42)39-19-9-8-10-20-39)26-13-11-24(12-14-26)30(3,4)5/h6-7,11-14,21,25,27H,1,8-10,15-20H2,2-5H3,(H,38,41)/b22-21+,23-7+. The first kappa shape index (κ1) is 33.3. The van der Waals surface area contributed by atoms with Gasteiger partial charge in [-0.3, -0.25) is 9.69 Å². The van der Waals surface area contributed by atoms with Gasteiger partial charge in [0.25, 0.3) is 0 Å². The highest BCUT2D eigenvalue weighted by molar-refractivity contribution is 6.02. The molecule has 0 aromatic heterocycles. The van der Waals surface area contributed by atoms with Crippen LogP contribution in [0.25, 0.3) is 0 Å². The van der Waals surface area contributed by atoms with Gasteiger partial charge >= 0.3 is 12.2 Å². The molecule has 1 N–H and O–H groups in total. The van der Waals surface area contributed by atoms with Gasteiger partial charge < -0.3 is 10.2 Å². The fraction of sp³-hybridized carbons (Fsp3) is 0.562. The molecule has 0 radical (unpaired) electrons. The van der Waals surface area contributed by atoms with E-state index >= 15 is 0 Å². The topological polar surface area (TPSA) is 52.7 Å². The number of urea groups is 1. The van der Waals surface area contributed by atoms with Crippen molar-refractivity contribution >= 4 is 17.6 Å². The molecule has 1 aromatic rings. The summed E-state index contributed by atoms with van der Waals surface area (Å²) >= 11 is 0. The molecular formula is C32H42F5N3O2. The van der Waals surface area contributed by atoms with E-state index in [1.54, 1.807) is 17.0 Å². The number of hydrogen-bond donors (Lipinski definition) is 1. The quantitative estimate of drug-likeness (QED) is 0.256. The SMILES string of the molecule is C=C/C(=C\C(=C/C)C(F)(F)F)C(C(=O)NC1CCC(F)(F)CC1)N(C(=O)N1CCCCC1)c1ccc(C(C)(C)C)cc1. The Morgan fingerprint density at radius 1 is 1.05 bits per heavy atom. The lowest BCUT2D eigenvalue weighted by Crippen LogP contribution is -2.57. The Bertz CT molecular complexity index is 1170. The van der Waals surface area contributed by atoms with Gasteiger partial charge in [0.2, 0.25) is 11.8 Å². The summed E-state index contributed by atoms with van der Waals surface area (Å²) in [6.07, 6.45) is -0.181. The van der Waals surface area contributed by atoms with E-state index in [1.165, 1.54) is 11.8 Å². The molecule has 3 amide bonds. The lowest BCUT2D eigenvalue weighted by atomic mass is 9.87. The van der Waals surface area contributed by atoms with Crippen LogP contribution >= 0.6 is 0 Å². The molecule has 42 heavy (non-hydrogen) atoms. The number of carbonyl (C=O) groups excluding carboxylic acids is 2. The third-order valence-electron chi connectivity index (χ3n) is 7.93. The molecular weight excluding hydrogens is 553 g/mol. The summed E-state index contributed by atoms with van der Waals surface area (Å²) in [6.45, 7) is 11.9. The molecule has 1 atom stereocenters. The number of anilines is 1. The Labute approximate surface area is 245 Å². The maximum absolute atomic E-state index is 14.2. The lowest BCUT2D eigenvalue weighted by molar-refractivity contribution is -0.123. The largest absolute Gasteiger partial charge is 0.416 e. The second-order valence-electron chi connectivity index (χ2n) is 12.1. The number of halogens is 5. The molecule has 1 aliphatic carbocycles. The lowest BCUT2D eigenvalue weighted by Gasteiger charge is -2.38. The van der Waals surface area contributed by atoms with E-state index in [-0.39, 0.29) is 23.8 Å². The zero-order valence-electron chi connectivity index (χ0n) is 24.9. The number of hydrogen-bond acceptors (Lipinski definition) is 2. The maximum atomic E-state index is 14.2. The molecule has 1 heterocycles. The average Bonchev–Trinajstić information content (AvgIpc) is 2.93. The van der Waals surface area contributed by atoms with Gasteiger partial charge in [-0.15, -0.1) is 0 Å². The van der Waals surface area contributed by atoms with Gasteiger partial charge in [-0.25, -0.2) is 13.6 Å². The number of likely N-dealkylation sites (tertiary alicyclic amines) is 1.